The lowest BCUT2D eigenvalue weighted by Crippen LogP contribution is -1.91. The minimum absolute atomic E-state index is 0.263. The summed E-state index contributed by atoms with van der Waals surface area (Å²) >= 11 is 3.31. The first kappa shape index (κ1) is 9.39. The summed E-state index contributed by atoms with van der Waals surface area (Å²) in [6, 6.07) is 3.33. The van der Waals surface area contributed by atoms with Gasteiger partial charge in [0.05, 0.1) is 11.6 Å². The SMILES string of the molecule is CCc1cc(O)cc(Br)c1OC. The Morgan fingerprint density at radius 1 is 1.50 bits per heavy atom. The maximum atomic E-state index is 9.26. The summed E-state index contributed by atoms with van der Waals surface area (Å²) in [7, 11) is 1.62. The van der Waals surface area contributed by atoms with Crippen molar-refractivity contribution in [3.8, 4) is 11.5 Å². The number of rotatable bonds is 2. The van der Waals surface area contributed by atoms with Gasteiger partial charge in [-0.1, -0.05) is 6.92 Å². The summed E-state index contributed by atoms with van der Waals surface area (Å²) in [4.78, 5) is 0. The highest BCUT2D eigenvalue weighted by Crippen LogP contribution is 2.33. The molecule has 0 amide bonds. The summed E-state index contributed by atoms with van der Waals surface area (Å²) in [5.74, 6) is 1.06. The van der Waals surface area contributed by atoms with Crippen LogP contribution in [0.15, 0.2) is 16.6 Å². The predicted octanol–water partition coefficient (Wildman–Crippen LogP) is 2.73. The van der Waals surface area contributed by atoms with Gasteiger partial charge in [0.15, 0.2) is 0 Å². The maximum absolute atomic E-state index is 9.26. The summed E-state index contributed by atoms with van der Waals surface area (Å²) in [5, 5.41) is 9.26. The van der Waals surface area contributed by atoms with Crippen molar-refractivity contribution in [3.63, 3.8) is 0 Å². The molecule has 12 heavy (non-hydrogen) atoms. The Hall–Kier alpha value is -0.700. The van der Waals surface area contributed by atoms with E-state index >= 15 is 0 Å². The largest absolute Gasteiger partial charge is 0.508 e. The van der Waals surface area contributed by atoms with Gasteiger partial charge in [0.2, 0.25) is 0 Å². The number of hydrogen-bond donors (Lipinski definition) is 1. The van der Waals surface area contributed by atoms with E-state index in [0.717, 1.165) is 22.2 Å². The summed E-state index contributed by atoms with van der Waals surface area (Å²) < 4.78 is 5.96. The molecule has 0 spiro atoms. The van der Waals surface area contributed by atoms with E-state index in [1.54, 1.807) is 19.2 Å². The van der Waals surface area contributed by atoms with Gasteiger partial charge >= 0.3 is 0 Å². The third-order valence-electron chi connectivity index (χ3n) is 1.69. The molecule has 0 fully saturated rings. The number of benzene rings is 1. The first-order chi connectivity index (χ1) is 5.69. The van der Waals surface area contributed by atoms with Crippen LogP contribution in [0.25, 0.3) is 0 Å². The van der Waals surface area contributed by atoms with E-state index in [4.69, 9.17) is 4.74 Å². The zero-order chi connectivity index (χ0) is 9.14. The molecule has 1 N–H and O–H groups in total. The number of hydrogen-bond acceptors (Lipinski definition) is 2. The molecule has 0 aliphatic carbocycles. The summed E-state index contributed by atoms with van der Waals surface area (Å²) in [6.07, 6.45) is 0.843. The van der Waals surface area contributed by atoms with E-state index in [1.807, 2.05) is 6.92 Å². The molecule has 0 saturated carbocycles. The minimum atomic E-state index is 0.263. The van der Waals surface area contributed by atoms with Gasteiger partial charge in [0, 0.05) is 0 Å². The molecule has 0 radical (unpaired) electrons. The highest BCUT2D eigenvalue weighted by atomic mass is 79.9. The predicted molar refractivity (Wildman–Crippen MR) is 51.7 cm³/mol. The molecule has 0 unspecified atom stereocenters. The Balaban J connectivity index is 3.24. The van der Waals surface area contributed by atoms with E-state index in [2.05, 4.69) is 15.9 Å². The van der Waals surface area contributed by atoms with E-state index in [9.17, 15) is 5.11 Å². The molecular weight excluding hydrogens is 220 g/mol. The molecule has 0 heterocycles. The second-order valence-corrected chi connectivity index (χ2v) is 3.33. The van der Waals surface area contributed by atoms with Crippen molar-refractivity contribution in [2.75, 3.05) is 7.11 Å². The van der Waals surface area contributed by atoms with E-state index in [-0.39, 0.29) is 5.75 Å². The molecule has 1 aromatic carbocycles. The Labute approximate surface area is 80.3 Å². The van der Waals surface area contributed by atoms with Crippen LogP contribution in [0.5, 0.6) is 11.5 Å². The van der Waals surface area contributed by atoms with Crippen LogP contribution >= 0.6 is 15.9 Å². The quantitative estimate of drug-likeness (QED) is 0.847. The van der Waals surface area contributed by atoms with Crippen LogP contribution in [-0.2, 0) is 6.42 Å². The number of phenolic OH excluding ortho intramolecular Hbond substituents is 1. The van der Waals surface area contributed by atoms with Crippen LogP contribution in [0.1, 0.15) is 12.5 Å². The fourth-order valence-electron chi connectivity index (χ4n) is 1.13. The van der Waals surface area contributed by atoms with E-state index in [1.165, 1.54) is 0 Å². The van der Waals surface area contributed by atoms with Crippen molar-refractivity contribution in [2.24, 2.45) is 0 Å². The molecule has 0 saturated heterocycles. The molecule has 0 aliphatic heterocycles. The molecule has 1 rings (SSSR count). The number of phenols is 1. The average molecular weight is 231 g/mol. The number of methoxy groups -OCH3 is 1. The fourth-order valence-corrected chi connectivity index (χ4v) is 1.78. The lowest BCUT2D eigenvalue weighted by atomic mass is 10.1. The van der Waals surface area contributed by atoms with Crippen LogP contribution in [0.4, 0.5) is 0 Å². The number of halogens is 1. The molecule has 2 nitrogen and oxygen atoms in total. The van der Waals surface area contributed by atoms with Crippen LogP contribution in [0, 0.1) is 0 Å². The Morgan fingerprint density at radius 2 is 2.17 bits per heavy atom. The number of aryl methyl sites for hydroxylation is 1. The van der Waals surface area contributed by atoms with Crippen molar-refractivity contribution in [2.45, 2.75) is 13.3 Å². The monoisotopic (exact) mass is 230 g/mol. The van der Waals surface area contributed by atoms with Gasteiger partial charge in [-0.25, -0.2) is 0 Å². The fraction of sp³-hybridized carbons (Fsp3) is 0.333. The topological polar surface area (TPSA) is 29.5 Å². The van der Waals surface area contributed by atoms with Crippen molar-refractivity contribution >= 4 is 15.9 Å². The molecule has 1 aromatic rings. The molecule has 0 aliphatic rings. The van der Waals surface area contributed by atoms with E-state index in [0.29, 0.717) is 0 Å². The van der Waals surface area contributed by atoms with Crippen LogP contribution < -0.4 is 4.74 Å². The highest BCUT2D eigenvalue weighted by Gasteiger charge is 2.07. The third-order valence-corrected chi connectivity index (χ3v) is 2.28. The third kappa shape index (κ3) is 1.72. The van der Waals surface area contributed by atoms with Crippen LogP contribution in [0.3, 0.4) is 0 Å². The van der Waals surface area contributed by atoms with Gasteiger partial charge in [-0.05, 0) is 40.0 Å². The molecule has 0 atom stereocenters. The summed E-state index contributed by atoms with van der Waals surface area (Å²) in [5.41, 5.74) is 1.00. The molecule has 3 heteroatoms. The zero-order valence-corrected chi connectivity index (χ0v) is 8.68. The molecule has 0 bridgehead atoms. The Bertz CT molecular complexity index is 284. The summed E-state index contributed by atoms with van der Waals surface area (Å²) in [6.45, 7) is 2.02. The molecule has 0 aromatic heterocycles. The first-order valence-corrected chi connectivity index (χ1v) is 4.53. The number of ether oxygens (including phenoxy) is 1. The van der Waals surface area contributed by atoms with Gasteiger partial charge in [-0.15, -0.1) is 0 Å². The first-order valence-electron chi connectivity index (χ1n) is 3.74. The zero-order valence-electron chi connectivity index (χ0n) is 7.10. The van der Waals surface area contributed by atoms with Crippen molar-refractivity contribution in [3.05, 3.63) is 22.2 Å². The molecule has 66 valence electrons. The van der Waals surface area contributed by atoms with Crippen molar-refractivity contribution < 1.29 is 9.84 Å². The molecular formula is C9H11BrO2. The van der Waals surface area contributed by atoms with Gasteiger partial charge in [0.25, 0.3) is 0 Å². The van der Waals surface area contributed by atoms with Gasteiger partial charge in [-0.2, -0.15) is 0 Å². The Morgan fingerprint density at radius 3 is 2.67 bits per heavy atom. The lowest BCUT2D eigenvalue weighted by molar-refractivity contribution is 0.404. The standard InChI is InChI=1S/C9H11BrO2/c1-3-6-4-7(11)5-8(10)9(6)12-2/h4-5,11H,3H2,1-2H3. The van der Waals surface area contributed by atoms with Gasteiger partial charge in [0.1, 0.15) is 11.5 Å². The van der Waals surface area contributed by atoms with E-state index < -0.39 is 0 Å². The maximum Gasteiger partial charge on any atom is 0.136 e. The minimum Gasteiger partial charge on any atom is -0.508 e. The Kier molecular flexibility index (Phi) is 2.98. The average Bonchev–Trinajstić information content (AvgIpc) is 2.03. The lowest BCUT2D eigenvalue weighted by Gasteiger charge is -2.08. The number of aromatic hydroxyl groups is 1. The highest BCUT2D eigenvalue weighted by molar-refractivity contribution is 9.10. The smallest absolute Gasteiger partial charge is 0.136 e. The van der Waals surface area contributed by atoms with Crippen LogP contribution in [0.2, 0.25) is 0 Å². The second kappa shape index (κ2) is 3.81. The van der Waals surface area contributed by atoms with Crippen molar-refractivity contribution in [1.29, 1.82) is 0 Å². The van der Waals surface area contributed by atoms with Gasteiger partial charge < -0.3 is 9.84 Å². The van der Waals surface area contributed by atoms with Crippen LogP contribution in [-0.4, -0.2) is 12.2 Å². The second-order valence-electron chi connectivity index (χ2n) is 2.47. The van der Waals surface area contributed by atoms with Gasteiger partial charge in [-0.3, -0.25) is 0 Å². The normalized spacial score (nSPS) is 9.92. The van der Waals surface area contributed by atoms with Crippen molar-refractivity contribution in [1.82, 2.24) is 0 Å².